The van der Waals surface area contributed by atoms with Crippen molar-refractivity contribution in [3.8, 4) is 11.1 Å². The molecule has 3 saturated heterocycles. The monoisotopic (exact) mass is 911 g/mol. The third-order valence-corrected chi connectivity index (χ3v) is 13.4. The van der Waals surface area contributed by atoms with Gasteiger partial charge in [-0.25, -0.2) is 22.0 Å². The number of nitrogens with one attached hydrogen (secondary N) is 2. The number of benzene rings is 3. The van der Waals surface area contributed by atoms with Crippen molar-refractivity contribution in [3.05, 3.63) is 107 Å². The number of anilines is 2. The lowest BCUT2D eigenvalue weighted by atomic mass is 9.89. The average molecular weight is 912 g/mol. The zero-order valence-electron chi connectivity index (χ0n) is 36.7. The molecule has 0 bridgehead atoms. The van der Waals surface area contributed by atoms with Gasteiger partial charge in [0.1, 0.15) is 29.0 Å². The summed E-state index contributed by atoms with van der Waals surface area (Å²) >= 11 is 0. The molecule has 18 heteroatoms. The van der Waals surface area contributed by atoms with Crippen molar-refractivity contribution in [1.29, 1.82) is 0 Å². The van der Waals surface area contributed by atoms with Crippen LogP contribution in [-0.2, 0) is 20.9 Å². The molecule has 5 aromatic rings. The molecule has 1 atom stereocenters. The number of fused-ring (bicyclic) bond motifs is 1. The molecule has 13 nitrogen and oxygen atoms in total. The normalized spacial score (nSPS) is 18.8. The van der Waals surface area contributed by atoms with Crippen LogP contribution in [0.2, 0.25) is 0 Å². The van der Waals surface area contributed by atoms with Gasteiger partial charge in [0.25, 0.3) is 5.91 Å². The van der Waals surface area contributed by atoms with Gasteiger partial charge in [-0.05, 0) is 73.2 Å². The Morgan fingerprint density at radius 3 is 2.23 bits per heavy atom. The molecule has 346 valence electrons. The molecule has 66 heavy (non-hydrogen) atoms. The number of piperidine rings is 2. The van der Waals surface area contributed by atoms with Crippen LogP contribution in [0.25, 0.3) is 27.6 Å². The van der Waals surface area contributed by atoms with E-state index >= 15 is 22.0 Å². The Labute approximate surface area is 377 Å². The number of aromatic amines is 1. The fourth-order valence-electron chi connectivity index (χ4n) is 9.88. The Balaban J connectivity index is 0.893. The van der Waals surface area contributed by atoms with Crippen LogP contribution in [0.15, 0.2) is 60.9 Å². The molecule has 4 amide bonds. The second-order valence-corrected chi connectivity index (χ2v) is 17.7. The van der Waals surface area contributed by atoms with Crippen LogP contribution >= 0.6 is 0 Å². The number of H-pyrrole nitrogens is 1. The van der Waals surface area contributed by atoms with Crippen LogP contribution in [0.3, 0.4) is 0 Å². The van der Waals surface area contributed by atoms with Crippen LogP contribution in [0.5, 0.6) is 0 Å². The van der Waals surface area contributed by atoms with E-state index in [-0.39, 0.29) is 82.3 Å². The van der Waals surface area contributed by atoms with Crippen molar-refractivity contribution >= 4 is 51.5 Å². The molecule has 0 aliphatic carbocycles. The summed E-state index contributed by atoms with van der Waals surface area (Å²) in [6.45, 7) is 4.06. The highest BCUT2D eigenvalue weighted by atomic mass is 19.1. The highest BCUT2D eigenvalue weighted by molar-refractivity contribution is 6.05. The molecular weight excluding hydrogens is 862 g/mol. The Kier molecular flexibility index (Phi) is 12.4. The van der Waals surface area contributed by atoms with E-state index < -0.39 is 52.7 Å². The molecule has 3 fully saturated rings. The predicted molar refractivity (Wildman–Crippen MR) is 238 cm³/mol. The van der Waals surface area contributed by atoms with Crippen LogP contribution in [-0.4, -0.2) is 126 Å². The lowest BCUT2D eigenvalue weighted by molar-refractivity contribution is -0.134. The minimum atomic E-state index is -1.07. The van der Waals surface area contributed by atoms with Gasteiger partial charge >= 0.3 is 0 Å². The number of carbonyl (C=O) groups is 4. The summed E-state index contributed by atoms with van der Waals surface area (Å²) in [4.78, 5) is 62.1. The van der Waals surface area contributed by atoms with Crippen molar-refractivity contribution in [2.75, 3.05) is 76.3 Å². The Hall–Kier alpha value is -6.56. The summed E-state index contributed by atoms with van der Waals surface area (Å²) in [5.41, 5.74) is 0.881. The van der Waals surface area contributed by atoms with Gasteiger partial charge in [-0.15, -0.1) is 0 Å². The highest BCUT2D eigenvalue weighted by Crippen LogP contribution is 2.40. The Bertz CT molecular complexity index is 2720. The van der Waals surface area contributed by atoms with Crippen molar-refractivity contribution in [2.45, 2.75) is 57.0 Å². The van der Waals surface area contributed by atoms with Crippen molar-refractivity contribution in [2.24, 2.45) is 0 Å². The molecular formula is C48H50F5N9O4. The number of nitrogens with zero attached hydrogens (tertiary/aromatic N) is 7. The topological polar surface area (TPSA) is 130 Å². The van der Waals surface area contributed by atoms with E-state index in [1.54, 1.807) is 42.1 Å². The van der Waals surface area contributed by atoms with Gasteiger partial charge in [-0.1, -0.05) is 6.08 Å². The molecule has 1 unspecified atom stereocenters. The first kappa shape index (κ1) is 44.6. The quantitative estimate of drug-likeness (QED) is 0.121. The zero-order valence-corrected chi connectivity index (χ0v) is 36.7. The first-order valence-electron chi connectivity index (χ1n) is 22.3. The van der Waals surface area contributed by atoms with Gasteiger partial charge < -0.3 is 24.6 Å². The summed E-state index contributed by atoms with van der Waals surface area (Å²) in [6.07, 6.45) is 7.28. The molecule has 2 N–H and O–H groups in total. The molecule has 0 spiro atoms. The van der Waals surface area contributed by atoms with Gasteiger partial charge in [0.2, 0.25) is 17.7 Å². The van der Waals surface area contributed by atoms with E-state index in [1.807, 2.05) is 15.9 Å². The van der Waals surface area contributed by atoms with E-state index in [2.05, 4.69) is 20.3 Å². The second-order valence-electron chi connectivity index (χ2n) is 17.7. The summed E-state index contributed by atoms with van der Waals surface area (Å²) in [7, 11) is 3.11. The van der Waals surface area contributed by atoms with Crippen molar-refractivity contribution in [3.63, 3.8) is 0 Å². The number of aryl methyl sites for hydroxylation is 1. The molecule has 0 saturated carbocycles. The van der Waals surface area contributed by atoms with E-state index in [4.69, 9.17) is 0 Å². The number of halogens is 5. The number of imide groups is 1. The van der Waals surface area contributed by atoms with E-state index in [0.717, 1.165) is 6.07 Å². The molecule has 2 aromatic heterocycles. The largest absolute Gasteiger partial charge is 0.369 e. The van der Waals surface area contributed by atoms with Crippen molar-refractivity contribution < 1.29 is 41.1 Å². The van der Waals surface area contributed by atoms with Crippen LogP contribution in [0.1, 0.15) is 66.1 Å². The SMILES string of the molecule is CN(C)C(=O)c1cc2c(-c3cc(F)c(N4CCC(N5CCN(c6cc(F)c(C7CCC(=O)NC7=O)c(F)c6)CC5)CC4)cc3F)cc(C3=CCCN(C(=O)CCn4cccn4)C3)c(F)c2[nH]1. The number of piperazine rings is 1. The Morgan fingerprint density at radius 1 is 0.803 bits per heavy atom. The van der Waals surface area contributed by atoms with Gasteiger partial charge in [0.15, 0.2) is 5.82 Å². The van der Waals surface area contributed by atoms with Gasteiger partial charge in [0, 0.05) is 138 Å². The number of hydrogen-bond donors (Lipinski definition) is 2. The minimum absolute atomic E-state index is 0.00916. The molecule has 9 rings (SSSR count). The minimum Gasteiger partial charge on any atom is -0.369 e. The number of carbonyl (C=O) groups excluding carboxylic acids is 4. The number of amides is 4. The van der Waals surface area contributed by atoms with E-state index in [9.17, 15) is 19.2 Å². The second kappa shape index (κ2) is 18.4. The average Bonchev–Trinajstić information content (AvgIpc) is 4.01. The number of hydrogen-bond acceptors (Lipinski definition) is 8. The highest BCUT2D eigenvalue weighted by Gasteiger charge is 2.35. The first-order chi connectivity index (χ1) is 31.7. The standard InChI is InChI=1S/C48H50F5N9O4/c1-57(2)48(66)40-25-35-33(23-32(45(53)46(35)55-40)28-5-3-12-61(27-28)43(64)10-16-62-13-4-11-54-62)34-24-37(50)41(26-36(34)49)60-14-8-29(9-15-60)58-17-19-59(20-18-58)30-21-38(51)44(39(52)22-30)31-6-7-42(63)56-47(31)65/h4-5,11,13,21-26,29,31,55H,3,6-10,12,14-20,27H2,1-2H3,(H,56,63,65). The van der Waals surface area contributed by atoms with Gasteiger partial charge in [-0.3, -0.25) is 34.1 Å². The lowest BCUT2D eigenvalue weighted by Gasteiger charge is -2.44. The Morgan fingerprint density at radius 2 is 1.55 bits per heavy atom. The van der Waals surface area contributed by atoms with Gasteiger partial charge in [0.05, 0.1) is 17.1 Å². The molecule has 6 heterocycles. The third kappa shape index (κ3) is 8.77. The number of rotatable bonds is 10. The molecule has 4 aliphatic heterocycles. The predicted octanol–water partition coefficient (Wildman–Crippen LogP) is 6.45. The summed E-state index contributed by atoms with van der Waals surface area (Å²) < 4.78 is 81.8. The zero-order chi connectivity index (χ0) is 46.4. The first-order valence-corrected chi connectivity index (χ1v) is 22.3. The van der Waals surface area contributed by atoms with Crippen LogP contribution in [0, 0.1) is 29.1 Å². The fourth-order valence-corrected chi connectivity index (χ4v) is 9.88. The maximum absolute atomic E-state index is 16.6. The molecule has 4 aliphatic rings. The number of aromatic nitrogens is 3. The van der Waals surface area contributed by atoms with Gasteiger partial charge in [-0.2, -0.15) is 5.10 Å². The van der Waals surface area contributed by atoms with E-state index in [0.29, 0.717) is 82.9 Å². The maximum Gasteiger partial charge on any atom is 0.269 e. The smallest absolute Gasteiger partial charge is 0.269 e. The summed E-state index contributed by atoms with van der Waals surface area (Å²) in [5.74, 6) is -6.51. The van der Waals surface area contributed by atoms with Crippen LogP contribution < -0.4 is 15.1 Å². The fraction of sp³-hybridized carbons (Fsp3) is 0.396. The molecule has 0 radical (unpaired) electrons. The lowest BCUT2D eigenvalue weighted by Crippen LogP contribution is -2.53. The maximum atomic E-state index is 16.6. The van der Waals surface area contributed by atoms with Crippen molar-refractivity contribution in [1.82, 2.24) is 34.8 Å². The van der Waals surface area contributed by atoms with Crippen LogP contribution in [0.4, 0.5) is 33.3 Å². The third-order valence-electron chi connectivity index (χ3n) is 13.4. The summed E-state index contributed by atoms with van der Waals surface area (Å²) in [5, 5.41) is 6.52. The molecule has 3 aromatic carbocycles. The summed E-state index contributed by atoms with van der Waals surface area (Å²) in [6, 6.07) is 9.62. The van der Waals surface area contributed by atoms with E-state index in [1.165, 1.54) is 35.2 Å².